The Morgan fingerprint density at radius 2 is 1.53 bits per heavy atom. The molecule has 1 radical (unpaired) electrons. The van der Waals surface area contributed by atoms with Crippen LogP contribution in [-0.2, 0) is 38.1 Å². The van der Waals surface area contributed by atoms with Crippen LogP contribution in [0.3, 0.4) is 0 Å². The van der Waals surface area contributed by atoms with Crippen molar-refractivity contribution in [2.24, 2.45) is 0 Å². The smallest absolute Gasteiger partial charge is 0 e. The molecule has 0 bridgehead atoms. The number of hydrogen-bond acceptors (Lipinski definition) is 0. The van der Waals surface area contributed by atoms with Gasteiger partial charge in [-0.2, -0.15) is 56.7 Å². The molecule has 0 aromatic heterocycles. The van der Waals surface area contributed by atoms with Crippen molar-refractivity contribution in [1.29, 1.82) is 0 Å². The maximum Gasteiger partial charge on any atom is 0 e. The molecule has 0 aliphatic carbocycles. The molecule has 0 aliphatic heterocycles. The summed E-state index contributed by atoms with van der Waals surface area (Å²) < 4.78 is 0. The molecule has 0 amide bonds. The molecule has 15 heavy (non-hydrogen) atoms. The molecule has 1 aromatic rings. The SMILES string of the molecule is CC(C)(C)c1[c-]cccc1.C[C-](C)C.[Y]. The summed E-state index contributed by atoms with van der Waals surface area (Å²) in [7, 11) is 0. The zero-order valence-corrected chi connectivity index (χ0v) is 13.7. The number of benzene rings is 1. The van der Waals surface area contributed by atoms with Crippen LogP contribution in [0.25, 0.3) is 0 Å². The molecule has 0 N–H and O–H groups in total. The van der Waals surface area contributed by atoms with Gasteiger partial charge in [-0.15, -0.1) is 0 Å². The van der Waals surface area contributed by atoms with Crippen LogP contribution in [-0.4, -0.2) is 0 Å². The summed E-state index contributed by atoms with van der Waals surface area (Å²) in [5.41, 5.74) is 1.51. The predicted octanol–water partition coefficient (Wildman–Crippen LogP) is 4.40. The third kappa shape index (κ3) is 10.6. The fraction of sp³-hybridized carbons (Fsp3) is 0.500. The van der Waals surface area contributed by atoms with Gasteiger partial charge in [-0.05, 0) is 5.41 Å². The Bertz CT molecular complexity index is 229. The standard InChI is InChI=1S/C10H13.C4H9.Y/c1-10(2,3)9-7-5-4-6-8-9;1-4(2)3;/h4-7H,1-3H3;1-3H3;/q2*-1;. The Balaban J connectivity index is 0. The third-order valence-corrected chi connectivity index (χ3v) is 1.52. The Morgan fingerprint density at radius 1 is 1.07 bits per heavy atom. The molecule has 0 saturated heterocycles. The zero-order valence-electron chi connectivity index (χ0n) is 10.9. The van der Waals surface area contributed by atoms with Crippen LogP contribution in [0.2, 0.25) is 0 Å². The zero-order chi connectivity index (χ0) is 11.2. The molecule has 1 aromatic carbocycles. The van der Waals surface area contributed by atoms with E-state index in [1.165, 1.54) is 11.5 Å². The van der Waals surface area contributed by atoms with Gasteiger partial charge in [-0.1, -0.05) is 20.8 Å². The van der Waals surface area contributed by atoms with Crippen molar-refractivity contribution in [3.63, 3.8) is 0 Å². The summed E-state index contributed by atoms with van der Waals surface area (Å²) in [5.74, 6) is 1.42. The maximum absolute atomic E-state index is 3.21. The molecule has 0 spiro atoms. The van der Waals surface area contributed by atoms with E-state index < -0.39 is 0 Å². The predicted molar refractivity (Wildman–Crippen MR) is 64.2 cm³/mol. The Kier molecular flexibility index (Phi) is 10.0. The molecule has 0 saturated carbocycles. The minimum atomic E-state index is 0. The first kappa shape index (κ1) is 17.7. The monoisotopic (exact) mass is 279 g/mol. The average molecular weight is 279 g/mol. The van der Waals surface area contributed by atoms with Gasteiger partial charge in [0, 0.05) is 32.7 Å². The molecule has 1 heteroatoms. The summed E-state index contributed by atoms with van der Waals surface area (Å²) in [4.78, 5) is 0. The van der Waals surface area contributed by atoms with Crippen molar-refractivity contribution in [3.8, 4) is 0 Å². The van der Waals surface area contributed by atoms with Gasteiger partial charge in [0.15, 0.2) is 0 Å². The second kappa shape index (κ2) is 8.47. The van der Waals surface area contributed by atoms with E-state index in [1.54, 1.807) is 0 Å². The van der Waals surface area contributed by atoms with E-state index in [9.17, 15) is 0 Å². The molecular weight excluding hydrogens is 257 g/mol. The van der Waals surface area contributed by atoms with Gasteiger partial charge in [-0.3, -0.25) is 0 Å². The van der Waals surface area contributed by atoms with E-state index in [1.807, 2.05) is 12.1 Å². The number of rotatable bonds is 0. The van der Waals surface area contributed by atoms with Crippen molar-refractivity contribution in [3.05, 3.63) is 41.8 Å². The Hall–Kier alpha value is 0.324. The van der Waals surface area contributed by atoms with Crippen LogP contribution in [0.5, 0.6) is 0 Å². The van der Waals surface area contributed by atoms with E-state index in [4.69, 9.17) is 0 Å². The molecule has 0 unspecified atom stereocenters. The van der Waals surface area contributed by atoms with Crippen molar-refractivity contribution >= 4 is 0 Å². The fourth-order valence-corrected chi connectivity index (χ4v) is 0.860. The van der Waals surface area contributed by atoms with Gasteiger partial charge in [0.05, 0.1) is 0 Å². The minimum Gasteiger partial charge on any atom is -0.323 e. The Labute approximate surface area is 121 Å². The van der Waals surface area contributed by atoms with Crippen LogP contribution in [0, 0.1) is 12.0 Å². The van der Waals surface area contributed by atoms with Crippen LogP contribution in [0.1, 0.15) is 47.1 Å². The molecule has 0 heterocycles. The largest absolute Gasteiger partial charge is 0.323 e. The van der Waals surface area contributed by atoms with Gasteiger partial charge in [0.25, 0.3) is 0 Å². The third-order valence-electron chi connectivity index (χ3n) is 1.52. The van der Waals surface area contributed by atoms with E-state index in [2.05, 4.69) is 59.7 Å². The van der Waals surface area contributed by atoms with Crippen LogP contribution >= 0.6 is 0 Å². The van der Waals surface area contributed by atoms with Gasteiger partial charge in [0.1, 0.15) is 0 Å². The summed E-state index contributed by atoms with van der Waals surface area (Å²) >= 11 is 0. The molecule has 0 fully saturated rings. The first-order valence-corrected chi connectivity index (χ1v) is 5.08. The van der Waals surface area contributed by atoms with Crippen molar-refractivity contribution < 1.29 is 32.7 Å². The minimum absolute atomic E-state index is 0. The summed E-state index contributed by atoms with van der Waals surface area (Å²) in [6.07, 6.45) is 0. The van der Waals surface area contributed by atoms with Crippen LogP contribution in [0.4, 0.5) is 0 Å². The fourth-order valence-electron chi connectivity index (χ4n) is 0.860. The normalized spacial score (nSPS) is 10.1. The maximum atomic E-state index is 3.21. The van der Waals surface area contributed by atoms with Crippen LogP contribution in [0.15, 0.2) is 24.3 Å². The number of hydrogen-bond donors (Lipinski definition) is 0. The van der Waals surface area contributed by atoms with Crippen molar-refractivity contribution in [2.45, 2.75) is 47.0 Å². The van der Waals surface area contributed by atoms with Gasteiger partial charge in [-0.25, -0.2) is 0 Å². The second-order valence-corrected chi connectivity index (χ2v) is 5.03. The quantitative estimate of drug-likeness (QED) is 0.617. The van der Waals surface area contributed by atoms with Crippen molar-refractivity contribution in [1.82, 2.24) is 0 Å². The molecule has 1 rings (SSSR count). The molecule has 83 valence electrons. The molecule has 0 aliphatic rings. The second-order valence-electron chi connectivity index (χ2n) is 5.03. The first-order valence-electron chi connectivity index (χ1n) is 5.08. The average Bonchev–Trinajstić information content (AvgIpc) is 2.03. The molecular formula is C14H22Y-2. The van der Waals surface area contributed by atoms with Crippen molar-refractivity contribution in [2.75, 3.05) is 0 Å². The molecule has 0 atom stereocenters. The van der Waals surface area contributed by atoms with Gasteiger partial charge in [0.2, 0.25) is 0 Å². The Morgan fingerprint density at radius 3 is 1.73 bits per heavy atom. The topological polar surface area (TPSA) is 0 Å². The van der Waals surface area contributed by atoms with E-state index >= 15 is 0 Å². The van der Waals surface area contributed by atoms with Gasteiger partial charge >= 0.3 is 0 Å². The summed E-state index contributed by atoms with van der Waals surface area (Å²) in [6, 6.07) is 11.3. The summed E-state index contributed by atoms with van der Waals surface area (Å²) in [5, 5.41) is 0. The van der Waals surface area contributed by atoms with E-state index in [-0.39, 0.29) is 38.1 Å². The van der Waals surface area contributed by atoms with E-state index in [0.717, 1.165) is 0 Å². The van der Waals surface area contributed by atoms with E-state index in [0.29, 0.717) is 0 Å². The first-order chi connectivity index (χ1) is 6.34. The molecule has 0 nitrogen and oxygen atoms in total. The summed E-state index contributed by atoms with van der Waals surface area (Å²) in [6.45, 7) is 12.8. The van der Waals surface area contributed by atoms with Crippen LogP contribution < -0.4 is 0 Å². The van der Waals surface area contributed by atoms with Gasteiger partial charge < -0.3 is 5.92 Å².